The molecule has 90 valence electrons. The molecule has 2 unspecified atom stereocenters. The molecule has 2 atom stereocenters. The van der Waals surface area contributed by atoms with Crippen LogP contribution in [0.3, 0.4) is 0 Å². The van der Waals surface area contributed by atoms with Crippen molar-refractivity contribution in [3.63, 3.8) is 0 Å². The highest BCUT2D eigenvalue weighted by molar-refractivity contribution is 6.17. The van der Waals surface area contributed by atoms with E-state index in [0.29, 0.717) is 0 Å². The highest BCUT2D eigenvalue weighted by atomic mass is 15.2. The lowest BCUT2D eigenvalue weighted by Crippen LogP contribution is -2.30. The molecule has 2 aromatic heterocycles. The minimum absolute atomic E-state index is 0.408. The molecule has 3 heterocycles. The second-order valence-corrected chi connectivity index (χ2v) is 4.96. The number of rotatable bonds is 0. The minimum Gasteiger partial charge on any atom is -0.275 e. The van der Waals surface area contributed by atoms with Crippen LogP contribution in [0, 0.1) is 0 Å². The third-order valence-corrected chi connectivity index (χ3v) is 4.13. The maximum Gasteiger partial charge on any atom is 0.138 e. The summed E-state index contributed by atoms with van der Waals surface area (Å²) in [6.45, 7) is 0. The Bertz CT molecular complexity index is 717. The van der Waals surface area contributed by atoms with Crippen LogP contribution in [0.4, 0.5) is 0 Å². The number of hydrogen-bond donors (Lipinski definition) is 0. The zero-order chi connectivity index (χ0) is 12.5. The van der Waals surface area contributed by atoms with Gasteiger partial charge in [-0.25, -0.2) is 0 Å². The van der Waals surface area contributed by atoms with Gasteiger partial charge in [-0.05, 0) is 0 Å². The van der Waals surface area contributed by atoms with Gasteiger partial charge in [-0.2, -0.15) is 0 Å². The van der Waals surface area contributed by atoms with Crippen molar-refractivity contribution in [2.45, 2.75) is 17.5 Å². The Morgan fingerprint density at radius 2 is 1.16 bits per heavy atom. The summed E-state index contributed by atoms with van der Waals surface area (Å²) in [4.78, 5) is 27.1. The molecule has 19 heavy (non-hydrogen) atoms. The summed E-state index contributed by atoms with van der Waals surface area (Å²) in [5.41, 5.74) is 2.50. The highest BCUT2D eigenvalue weighted by Crippen LogP contribution is 2.71. The van der Waals surface area contributed by atoms with Crippen LogP contribution in [0.1, 0.15) is 17.8 Å². The van der Waals surface area contributed by atoms with Gasteiger partial charge in [0.05, 0.1) is 11.4 Å². The zero-order valence-electron chi connectivity index (χ0n) is 9.85. The smallest absolute Gasteiger partial charge is 0.138 e. The third-order valence-electron chi connectivity index (χ3n) is 4.13. The lowest BCUT2D eigenvalue weighted by molar-refractivity contribution is 0.536. The maximum atomic E-state index is 4.64. The van der Waals surface area contributed by atoms with Gasteiger partial charge >= 0.3 is 0 Å². The Morgan fingerprint density at radius 3 is 1.68 bits per heavy atom. The number of nitrogens with zero attached hydrogens (tertiary/aromatic N) is 6. The van der Waals surface area contributed by atoms with Gasteiger partial charge in [-0.3, -0.25) is 29.9 Å². The summed E-state index contributed by atoms with van der Waals surface area (Å²) in [7, 11) is 0. The molecule has 5 rings (SSSR count). The molecular weight excluding hydrogens is 240 g/mol. The molecule has 2 aromatic rings. The van der Waals surface area contributed by atoms with Crippen molar-refractivity contribution in [1.82, 2.24) is 19.9 Å². The number of hydrogen-bond acceptors (Lipinski definition) is 6. The predicted octanol–water partition coefficient (Wildman–Crippen LogP) is 0.897. The van der Waals surface area contributed by atoms with Crippen molar-refractivity contribution in [3.05, 3.63) is 36.2 Å². The van der Waals surface area contributed by atoms with E-state index in [-0.39, 0.29) is 0 Å². The third kappa shape index (κ3) is 0.854. The molecule has 1 fully saturated rings. The standard InChI is InChI=1S/C13H8N6/c1-3-16-10-8(14-1)9-11(17-4-2-15-9)13-7-12(10,13)18-5-6-19-13/h1-6H,7H2. The van der Waals surface area contributed by atoms with Crippen molar-refractivity contribution in [2.75, 3.05) is 0 Å². The lowest BCUT2D eigenvalue weighted by Gasteiger charge is -2.27. The van der Waals surface area contributed by atoms with Crippen molar-refractivity contribution in [1.29, 1.82) is 0 Å². The number of aliphatic imine (C=N–C) groups is 2. The van der Waals surface area contributed by atoms with Crippen molar-refractivity contribution >= 4 is 12.4 Å². The number of fused-ring (bicyclic) bond motifs is 3. The van der Waals surface area contributed by atoms with Crippen LogP contribution in [0.5, 0.6) is 0 Å². The van der Waals surface area contributed by atoms with Gasteiger partial charge in [0.1, 0.15) is 22.5 Å². The van der Waals surface area contributed by atoms with Crippen LogP contribution < -0.4 is 0 Å². The topological polar surface area (TPSA) is 76.3 Å². The van der Waals surface area contributed by atoms with E-state index >= 15 is 0 Å². The average Bonchev–Trinajstić information content (AvgIpc) is 3.20. The van der Waals surface area contributed by atoms with Crippen LogP contribution in [-0.2, 0) is 11.1 Å². The van der Waals surface area contributed by atoms with E-state index in [1.807, 2.05) is 0 Å². The highest BCUT2D eigenvalue weighted by Gasteiger charge is 2.76. The van der Waals surface area contributed by atoms with Crippen LogP contribution in [-0.4, -0.2) is 32.4 Å². The maximum absolute atomic E-state index is 4.64. The second kappa shape index (κ2) is 2.74. The Balaban J connectivity index is 1.95. The van der Waals surface area contributed by atoms with Crippen LogP contribution in [0.2, 0.25) is 0 Å². The second-order valence-electron chi connectivity index (χ2n) is 4.96. The lowest BCUT2D eigenvalue weighted by atomic mass is 9.90. The molecule has 6 heteroatoms. The summed E-state index contributed by atoms with van der Waals surface area (Å²) in [5.74, 6) is 0. The first-order valence-corrected chi connectivity index (χ1v) is 6.10. The molecule has 0 radical (unpaired) electrons. The first-order valence-electron chi connectivity index (χ1n) is 6.10. The molecule has 0 aromatic carbocycles. The van der Waals surface area contributed by atoms with Crippen LogP contribution >= 0.6 is 0 Å². The summed E-state index contributed by atoms with van der Waals surface area (Å²) in [6.07, 6.45) is 11.0. The minimum atomic E-state index is -0.408. The Labute approximate surface area is 108 Å². The van der Waals surface area contributed by atoms with E-state index in [0.717, 1.165) is 29.2 Å². The van der Waals surface area contributed by atoms with E-state index in [9.17, 15) is 0 Å². The van der Waals surface area contributed by atoms with Gasteiger partial charge in [0.25, 0.3) is 0 Å². The van der Waals surface area contributed by atoms with Gasteiger partial charge in [0.15, 0.2) is 0 Å². The SMILES string of the molecule is C1=NC23CC2(N=C1)c1nccnc1-c1nccnc13. The summed E-state index contributed by atoms with van der Waals surface area (Å²) in [6, 6.07) is 0. The quantitative estimate of drug-likeness (QED) is 0.694. The fraction of sp³-hybridized carbons (Fsp3) is 0.231. The normalized spacial score (nSPS) is 32.0. The molecule has 6 nitrogen and oxygen atoms in total. The molecule has 3 aliphatic rings. The molecule has 2 aliphatic carbocycles. The first-order chi connectivity index (χ1) is 9.37. The van der Waals surface area contributed by atoms with Crippen molar-refractivity contribution < 1.29 is 0 Å². The molecule has 0 N–H and O–H groups in total. The van der Waals surface area contributed by atoms with E-state index < -0.39 is 11.1 Å². The van der Waals surface area contributed by atoms with Crippen LogP contribution in [0.15, 0.2) is 34.8 Å². The number of aromatic nitrogens is 4. The summed E-state index contributed by atoms with van der Waals surface area (Å²) < 4.78 is 0. The van der Waals surface area contributed by atoms with Gasteiger partial charge < -0.3 is 0 Å². The van der Waals surface area contributed by atoms with E-state index in [1.54, 1.807) is 37.2 Å². The predicted molar refractivity (Wildman–Crippen MR) is 68.0 cm³/mol. The van der Waals surface area contributed by atoms with E-state index in [2.05, 4.69) is 29.9 Å². The molecule has 1 saturated carbocycles. The Hall–Kier alpha value is -2.50. The van der Waals surface area contributed by atoms with E-state index in [1.165, 1.54) is 0 Å². The molecule has 0 saturated heterocycles. The Morgan fingerprint density at radius 1 is 0.684 bits per heavy atom. The van der Waals surface area contributed by atoms with Gasteiger partial charge in [-0.15, -0.1) is 0 Å². The first kappa shape index (κ1) is 9.43. The van der Waals surface area contributed by atoms with Gasteiger partial charge in [0.2, 0.25) is 0 Å². The Kier molecular flexibility index (Phi) is 1.36. The summed E-state index contributed by atoms with van der Waals surface area (Å²) in [5, 5.41) is 0. The molecule has 0 spiro atoms. The zero-order valence-corrected chi connectivity index (χ0v) is 9.85. The summed E-state index contributed by atoms with van der Waals surface area (Å²) >= 11 is 0. The largest absolute Gasteiger partial charge is 0.275 e. The fourth-order valence-electron chi connectivity index (χ4n) is 3.26. The van der Waals surface area contributed by atoms with Gasteiger partial charge in [0, 0.05) is 43.6 Å². The molecule has 0 bridgehead atoms. The monoisotopic (exact) mass is 248 g/mol. The molecule has 0 amide bonds. The van der Waals surface area contributed by atoms with Crippen LogP contribution in [0.25, 0.3) is 11.4 Å². The van der Waals surface area contributed by atoms with E-state index in [4.69, 9.17) is 0 Å². The van der Waals surface area contributed by atoms with Crippen molar-refractivity contribution in [3.8, 4) is 11.4 Å². The van der Waals surface area contributed by atoms with Crippen molar-refractivity contribution in [2.24, 2.45) is 9.98 Å². The molecular formula is C13H8N6. The fourth-order valence-corrected chi connectivity index (χ4v) is 3.26. The average molecular weight is 248 g/mol. The van der Waals surface area contributed by atoms with Gasteiger partial charge in [-0.1, -0.05) is 0 Å². The molecule has 1 aliphatic heterocycles.